The molecule has 1 aromatic carbocycles. The number of nitrogens with zero attached hydrogens (tertiary/aromatic N) is 1. The standard InChI is InChI=1S/C7H7NO3S.C2H4O.H2S/c1-11-12(10)7-4-2-3-6(5-7)8-9;1-2-3-1;/h2-5H,1H3;1-2H2;1H2. The normalized spacial score (nSPS) is 13.8. The average Bonchev–Trinajstić information content (AvgIpc) is 3.15. The highest BCUT2D eigenvalue weighted by Crippen LogP contribution is 2.16. The number of benzene rings is 1. The average molecular weight is 263 g/mol. The molecule has 1 unspecified atom stereocenters. The first kappa shape index (κ1) is 15.2. The summed E-state index contributed by atoms with van der Waals surface area (Å²) in [4.78, 5) is 10.5. The lowest BCUT2D eigenvalue weighted by molar-refractivity contribution is 0.446. The Labute approximate surface area is 103 Å². The van der Waals surface area contributed by atoms with Crippen LogP contribution < -0.4 is 0 Å². The lowest BCUT2D eigenvalue weighted by Crippen LogP contribution is -1.91. The predicted octanol–water partition coefficient (Wildman–Crippen LogP) is 1.88. The van der Waals surface area contributed by atoms with Gasteiger partial charge in [0.2, 0.25) is 0 Å². The van der Waals surface area contributed by atoms with Gasteiger partial charge in [0.1, 0.15) is 5.69 Å². The Balaban J connectivity index is 0.000000485. The monoisotopic (exact) mass is 263 g/mol. The molecule has 1 aliphatic heterocycles. The van der Waals surface area contributed by atoms with Crippen molar-refractivity contribution in [3.63, 3.8) is 0 Å². The molecule has 7 heteroatoms. The summed E-state index contributed by atoms with van der Waals surface area (Å²) in [6, 6.07) is 6.16. The molecule has 1 aliphatic rings. The summed E-state index contributed by atoms with van der Waals surface area (Å²) in [5.41, 5.74) is 0.248. The third kappa shape index (κ3) is 5.96. The minimum Gasteiger partial charge on any atom is -0.377 e. The van der Waals surface area contributed by atoms with E-state index in [1.807, 2.05) is 0 Å². The largest absolute Gasteiger partial charge is 0.377 e. The minimum absolute atomic E-state index is 0. The molecule has 1 atom stereocenters. The molecule has 1 saturated heterocycles. The number of ether oxygens (including phenoxy) is 1. The molecule has 1 fully saturated rings. The summed E-state index contributed by atoms with van der Waals surface area (Å²) >= 11 is -1.50. The third-order valence-corrected chi connectivity index (χ3v) is 2.41. The molecule has 1 aromatic rings. The van der Waals surface area contributed by atoms with Crippen molar-refractivity contribution in [3.05, 3.63) is 29.2 Å². The van der Waals surface area contributed by atoms with Gasteiger partial charge >= 0.3 is 0 Å². The molecule has 0 bridgehead atoms. The summed E-state index contributed by atoms with van der Waals surface area (Å²) in [6.07, 6.45) is 0. The van der Waals surface area contributed by atoms with Crippen LogP contribution in [-0.4, -0.2) is 24.5 Å². The van der Waals surface area contributed by atoms with Gasteiger partial charge in [-0.2, -0.15) is 13.5 Å². The van der Waals surface area contributed by atoms with E-state index in [2.05, 4.69) is 14.1 Å². The smallest absolute Gasteiger partial charge is 0.188 e. The minimum atomic E-state index is -1.50. The van der Waals surface area contributed by atoms with Gasteiger partial charge in [-0.05, 0) is 23.4 Å². The van der Waals surface area contributed by atoms with Crippen LogP contribution in [-0.2, 0) is 20.0 Å². The molecule has 0 saturated carbocycles. The van der Waals surface area contributed by atoms with E-state index in [0.29, 0.717) is 4.90 Å². The van der Waals surface area contributed by atoms with Gasteiger partial charge in [-0.15, -0.1) is 4.91 Å². The highest BCUT2D eigenvalue weighted by atomic mass is 32.2. The van der Waals surface area contributed by atoms with E-state index in [0.717, 1.165) is 13.2 Å². The maximum absolute atomic E-state index is 11.0. The van der Waals surface area contributed by atoms with Crippen molar-refractivity contribution in [2.75, 3.05) is 20.3 Å². The van der Waals surface area contributed by atoms with E-state index in [9.17, 15) is 9.12 Å². The van der Waals surface area contributed by atoms with Gasteiger partial charge in [-0.3, -0.25) is 4.18 Å². The molecule has 0 aromatic heterocycles. The predicted molar refractivity (Wildman–Crippen MR) is 66.5 cm³/mol. The van der Waals surface area contributed by atoms with Gasteiger partial charge in [0, 0.05) is 0 Å². The topological polar surface area (TPSA) is 68.3 Å². The Morgan fingerprint density at radius 3 is 2.50 bits per heavy atom. The molecular formula is C9H13NO4S2. The van der Waals surface area contributed by atoms with Crippen molar-refractivity contribution in [1.29, 1.82) is 0 Å². The second kappa shape index (κ2) is 8.40. The van der Waals surface area contributed by atoms with Gasteiger partial charge in [0.05, 0.1) is 25.2 Å². The quantitative estimate of drug-likeness (QED) is 0.617. The molecule has 0 aliphatic carbocycles. The maximum Gasteiger partial charge on any atom is 0.188 e. The lowest BCUT2D eigenvalue weighted by atomic mass is 10.3. The van der Waals surface area contributed by atoms with Gasteiger partial charge in [-0.1, -0.05) is 6.07 Å². The third-order valence-electron chi connectivity index (χ3n) is 1.47. The van der Waals surface area contributed by atoms with E-state index in [-0.39, 0.29) is 19.2 Å². The van der Waals surface area contributed by atoms with Crippen LogP contribution in [0.4, 0.5) is 5.69 Å². The number of rotatable bonds is 3. The van der Waals surface area contributed by atoms with E-state index in [4.69, 9.17) is 0 Å². The van der Waals surface area contributed by atoms with Crippen molar-refractivity contribution >= 4 is 30.3 Å². The fourth-order valence-corrected chi connectivity index (χ4v) is 1.34. The van der Waals surface area contributed by atoms with Crippen LogP contribution in [0.3, 0.4) is 0 Å². The second-order valence-corrected chi connectivity index (χ2v) is 3.88. The summed E-state index contributed by atoms with van der Waals surface area (Å²) in [6.45, 7) is 2.00. The van der Waals surface area contributed by atoms with Crippen molar-refractivity contribution in [3.8, 4) is 0 Å². The Hall–Kier alpha value is -0.760. The van der Waals surface area contributed by atoms with Crippen molar-refractivity contribution in [1.82, 2.24) is 0 Å². The van der Waals surface area contributed by atoms with Crippen LogP contribution >= 0.6 is 13.5 Å². The Kier molecular flexibility index (Phi) is 8.00. The Morgan fingerprint density at radius 1 is 1.44 bits per heavy atom. The van der Waals surface area contributed by atoms with Crippen LogP contribution in [0, 0.1) is 4.91 Å². The molecule has 16 heavy (non-hydrogen) atoms. The van der Waals surface area contributed by atoms with Crippen molar-refractivity contribution in [2.45, 2.75) is 4.90 Å². The van der Waals surface area contributed by atoms with E-state index in [1.54, 1.807) is 12.1 Å². The number of epoxide rings is 1. The maximum atomic E-state index is 11.0. The van der Waals surface area contributed by atoms with Crippen LogP contribution in [0.15, 0.2) is 34.3 Å². The Morgan fingerprint density at radius 2 is 2.06 bits per heavy atom. The van der Waals surface area contributed by atoms with Gasteiger partial charge in [-0.25, -0.2) is 4.21 Å². The molecule has 0 amide bonds. The molecule has 0 spiro atoms. The molecule has 1 heterocycles. The first-order chi connectivity index (χ1) is 7.27. The molecule has 0 N–H and O–H groups in total. The first-order valence-electron chi connectivity index (χ1n) is 4.25. The fourth-order valence-electron chi connectivity index (χ4n) is 0.740. The Bertz CT molecular complexity index is 354. The second-order valence-electron chi connectivity index (χ2n) is 2.60. The summed E-state index contributed by atoms with van der Waals surface area (Å²) < 4.78 is 20.1. The fraction of sp³-hybridized carbons (Fsp3) is 0.333. The van der Waals surface area contributed by atoms with E-state index >= 15 is 0 Å². The molecule has 90 valence electrons. The van der Waals surface area contributed by atoms with Gasteiger partial charge in [0.25, 0.3) is 0 Å². The highest BCUT2D eigenvalue weighted by Gasteiger charge is 2.02. The highest BCUT2D eigenvalue weighted by molar-refractivity contribution is 7.80. The number of hydrogen-bond donors (Lipinski definition) is 0. The zero-order valence-electron chi connectivity index (χ0n) is 8.71. The SMILES string of the molecule is C1CO1.COS(=O)c1cccc(N=O)c1.S. The van der Waals surface area contributed by atoms with Gasteiger partial charge in [0.15, 0.2) is 11.1 Å². The molecular weight excluding hydrogens is 250 g/mol. The van der Waals surface area contributed by atoms with Crippen LogP contribution in [0.25, 0.3) is 0 Å². The zero-order valence-corrected chi connectivity index (χ0v) is 10.5. The van der Waals surface area contributed by atoms with Crippen molar-refractivity contribution < 1.29 is 13.1 Å². The number of hydrogen-bond acceptors (Lipinski definition) is 5. The van der Waals surface area contributed by atoms with E-state index in [1.165, 1.54) is 19.2 Å². The molecule has 2 rings (SSSR count). The zero-order chi connectivity index (χ0) is 11.1. The first-order valence-corrected chi connectivity index (χ1v) is 5.33. The summed E-state index contributed by atoms with van der Waals surface area (Å²) in [5.74, 6) is 0. The van der Waals surface area contributed by atoms with Gasteiger partial charge < -0.3 is 4.74 Å². The lowest BCUT2D eigenvalue weighted by Gasteiger charge is -1.97. The molecule has 0 radical (unpaired) electrons. The van der Waals surface area contributed by atoms with Crippen LogP contribution in [0.1, 0.15) is 0 Å². The van der Waals surface area contributed by atoms with E-state index < -0.39 is 11.1 Å². The summed E-state index contributed by atoms with van der Waals surface area (Å²) in [7, 11) is 1.33. The number of nitroso groups, excluding NO2 is 1. The van der Waals surface area contributed by atoms with Crippen molar-refractivity contribution in [2.24, 2.45) is 5.18 Å². The summed E-state index contributed by atoms with van der Waals surface area (Å²) in [5, 5.41) is 2.71. The van der Waals surface area contributed by atoms with Crippen LogP contribution in [0.5, 0.6) is 0 Å². The van der Waals surface area contributed by atoms with Crippen LogP contribution in [0.2, 0.25) is 0 Å². The molecule has 5 nitrogen and oxygen atoms in total.